The molecule has 0 saturated carbocycles. The highest BCUT2D eigenvalue weighted by atomic mass is 16.5. The van der Waals surface area contributed by atoms with E-state index in [1.54, 1.807) is 12.1 Å². The average Bonchev–Trinajstić information content (AvgIpc) is 2.73. The molecule has 2 aromatic rings. The summed E-state index contributed by atoms with van der Waals surface area (Å²) in [6.45, 7) is 7.57. The molecule has 0 aliphatic carbocycles. The Balaban J connectivity index is 2.01. The predicted molar refractivity (Wildman–Crippen MR) is 115 cm³/mol. The smallest absolute Gasteiger partial charge is 0.306 e. The van der Waals surface area contributed by atoms with Gasteiger partial charge in [0.05, 0.1) is 21.3 Å². The third kappa shape index (κ3) is 5.12. The summed E-state index contributed by atoms with van der Waals surface area (Å²) in [5.41, 5.74) is 5.53. The first-order chi connectivity index (χ1) is 14.2. The minimum absolute atomic E-state index is 0.136. The first-order valence-corrected chi connectivity index (χ1v) is 9.78. The molecule has 0 aliphatic heterocycles. The highest BCUT2D eigenvalue weighted by Crippen LogP contribution is 2.38. The number of carbonyl (C=O) groups excluding carboxylic acids is 2. The second-order valence-electron chi connectivity index (χ2n) is 7.25. The van der Waals surface area contributed by atoms with Crippen molar-refractivity contribution in [3.63, 3.8) is 0 Å². The number of ketones is 1. The van der Waals surface area contributed by atoms with Crippen LogP contribution in [0.3, 0.4) is 0 Å². The fraction of sp³-hybridized carbons (Fsp3) is 0.417. The van der Waals surface area contributed by atoms with Crippen molar-refractivity contribution in [2.45, 2.75) is 40.5 Å². The summed E-state index contributed by atoms with van der Waals surface area (Å²) in [4.78, 5) is 24.9. The molecule has 0 amide bonds. The molecule has 162 valence electrons. The van der Waals surface area contributed by atoms with E-state index in [-0.39, 0.29) is 18.8 Å². The molecule has 2 aromatic carbocycles. The third-order valence-electron chi connectivity index (χ3n) is 5.34. The van der Waals surface area contributed by atoms with E-state index >= 15 is 0 Å². The lowest BCUT2D eigenvalue weighted by Crippen LogP contribution is -2.17. The fourth-order valence-electron chi connectivity index (χ4n) is 3.53. The fourth-order valence-corrected chi connectivity index (χ4v) is 3.53. The molecular formula is C24H30O6. The van der Waals surface area contributed by atoms with Gasteiger partial charge in [-0.05, 0) is 74.1 Å². The molecule has 0 bridgehead atoms. The minimum atomic E-state index is -0.434. The van der Waals surface area contributed by atoms with Gasteiger partial charge in [-0.15, -0.1) is 0 Å². The summed E-state index contributed by atoms with van der Waals surface area (Å²) in [5, 5.41) is 0. The molecule has 0 unspecified atom stereocenters. The number of benzene rings is 2. The van der Waals surface area contributed by atoms with Crippen LogP contribution in [-0.2, 0) is 16.0 Å². The van der Waals surface area contributed by atoms with Gasteiger partial charge in [0.25, 0.3) is 0 Å². The van der Waals surface area contributed by atoms with E-state index in [0.717, 1.165) is 27.8 Å². The lowest BCUT2D eigenvalue weighted by atomic mass is 9.92. The largest absolute Gasteiger partial charge is 0.493 e. The molecule has 0 saturated heterocycles. The van der Waals surface area contributed by atoms with E-state index in [2.05, 4.69) is 0 Å². The van der Waals surface area contributed by atoms with Crippen molar-refractivity contribution in [3.05, 3.63) is 51.6 Å². The number of methoxy groups -OCH3 is 3. The lowest BCUT2D eigenvalue weighted by molar-refractivity contribution is -0.142. The first-order valence-electron chi connectivity index (χ1n) is 9.78. The van der Waals surface area contributed by atoms with Crippen molar-refractivity contribution in [3.8, 4) is 17.2 Å². The number of carbonyl (C=O) groups is 2. The molecule has 30 heavy (non-hydrogen) atoms. The quantitative estimate of drug-likeness (QED) is 0.450. The zero-order chi connectivity index (χ0) is 22.4. The van der Waals surface area contributed by atoms with Crippen molar-refractivity contribution in [2.24, 2.45) is 0 Å². The maximum atomic E-state index is 12.6. The number of hydrogen-bond acceptors (Lipinski definition) is 6. The molecule has 6 heteroatoms. The molecule has 0 N–H and O–H groups in total. The van der Waals surface area contributed by atoms with E-state index in [9.17, 15) is 9.59 Å². The van der Waals surface area contributed by atoms with Crippen molar-refractivity contribution in [2.75, 3.05) is 27.9 Å². The predicted octanol–water partition coefficient (Wildman–Crippen LogP) is 4.30. The molecule has 0 aliphatic rings. The van der Waals surface area contributed by atoms with Gasteiger partial charge in [0.2, 0.25) is 11.5 Å². The Kier molecular flexibility index (Phi) is 7.86. The van der Waals surface area contributed by atoms with Crippen LogP contribution in [0.2, 0.25) is 0 Å². The highest BCUT2D eigenvalue weighted by molar-refractivity contribution is 6.00. The Morgan fingerprint density at radius 2 is 1.40 bits per heavy atom. The van der Waals surface area contributed by atoms with Gasteiger partial charge in [-0.3, -0.25) is 9.59 Å². The number of aryl methyl sites for hydroxylation is 3. The summed E-state index contributed by atoms with van der Waals surface area (Å²) in [6.07, 6.45) is 0.558. The van der Waals surface area contributed by atoms with E-state index in [1.807, 2.05) is 33.8 Å². The normalized spacial score (nSPS) is 10.5. The lowest BCUT2D eigenvalue weighted by Gasteiger charge is -2.15. The molecule has 2 rings (SSSR count). The number of Topliss-reactive ketones (excluding diaryl/α,β-unsaturated/α-hetero) is 1. The Hall–Kier alpha value is -3.02. The average molecular weight is 414 g/mol. The van der Waals surface area contributed by atoms with Crippen LogP contribution in [0.4, 0.5) is 0 Å². The van der Waals surface area contributed by atoms with Gasteiger partial charge in [-0.2, -0.15) is 0 Å². The van der Waals surface area contributed by atoms with Gasteiger partial charge >= 0.3 is 5.97 Å². The molecule has 0 atom stereocenters. The third-order valence-corrected chi connectivity index (χ3v) is 5.34. The molecule has 0 spiro atoms. The summed E-state index contributed by atoms with van der Waals surface area (Å²) in [7, 11) is 4.61. The summed E-state index contributed by atoms with van der Waals surface area (Å²) >= 11 is 0. The Labute approximate surface area is 178 Å². The SMILES string of the molecule is COc1cc(CCC(=O)OCC(=O)c2c(C)cc(C)c(C)c2C)cc(OC)c1OC. The van der Waals surface area contributed by atoms with Crippen LogP contribution in [0.25, 0.3) is 0 Å². The van der Waals surface area contributed by atoms with E-state index < -0.39 is 5.97 Å². The molecule has 0 aromatic heterocycles. The van der Waals surface area contributed by atoms with Gasteiger partial charge in [-0.25, -0.2) is 0 Å². The van der Waals surface area contributed by atoms with Crippen LogP contribution in [0.1, 0.15) is 44.6 Å². The van der Waals surface area contributed by atoms with Gasteiger partial charge in [-0.1, -0.05) is 6.07 Å². The molecule has 0 heterocycles. The first kappa shape index (κ1) is 23.3. The Bertz CT molecular complexity index is 920. The zero-order valence-electron chi connectivity index (χ0n) is 18.8. The maximum absolute atomic E-state index is 12.6. The summed E-state index contributed by atoms with van der Waals surface area (Å²) in [6, 6.07) is 5.57. The second kappa shape index (κ2) is 10.1. The van der Waals surface area contributed by atoms with Crippen LogP contribution in [0.15, 0.2) is 18.2 Å². The summed E-state index contributed by atoms with van der Waals surface area (Å²) < 4.78 is 21.2. The number of hydrogen-bond donors (Lipinski definition) is 0. The van der Waals surface area contributed by atoms with Gasteiger partial charge < -0.3 is 18.9 Å². The molecule has 0 fully saturated rings. The highest BCUT2D eigenvalue weighted by Gasteiger charge is 2.18. The molecule has 6 nitrogen and oxygen atoms in total. The van der Waals surface area contributed by atoms with Crippen molar-refractivity contribution in [1.29, 1.82) is 0 Å². The van der Waals surface area contributed by atoms with Crippen LogP contribution in [0.5, 0.6) is 17.2 Å². The van der Waals surface area contributed by atoms with Gasteiger partial charge in [0.15, 0.2) is 18.1 Å². The van der Waals surface area contributed by atoms with Crippen molar-refractivity contribution < 1.29 is 28.5 Å². The minimum Gasteiger partial charge on any atom is -0.493 e. The number of esters is 1. The maximum Gasteiger partial charge on any atom is 0.306 e. The van der Waals surface area contributed by atoms with Gasteiger partial charge in [0, 0.05) is 12.0 Å². The Morgan fingerprint density at radius 1 is 0.800 bits per heavy atom. The molecule has 0 radical (unpaired) electrons. The van der Waals surface area contributed by atoms with Crippen molar-refractivity contribution >= 4 is 11.8 Å². The van der Waals surface area contributed by atoms with Crippen LogP contribution in [-0.4, -0.2) is 39.7 Å². The number of ether oxygens (including phenoxy) is 4. The molecular weight excluding hydrogens is 384 g/mol. The van der Waals surface area contributed by atoms with E-state index in [4.69, 9.17) is 18.9 Å². The standard InChI is InChI=1S/C24H30O6/c1-14-10-15(2)23(17(4)16(14)3)19(25)13-30-22(26)9-8-18-11-20(27-5)24(29-7)21(12-18)28-6/h10-12H,8-9,13H2,1-7H3. The van der Waals surface area contributed by atoms with E-state index in [1.165, 1.54) is 21.3 Å². The zero-order valence-corrected chi connectivity index (χ0v) is 18.8. The monoisotopic (exact) mass is 414 g/mol. The summed E-state index contributed by atoms with van der Waals surface area (Å²) in [5.74, 6) is 0.925. The van der Waals surface area contributed by atoms with Gasteiger partial charge in [0.1, 0.15) is 0 Å². The second-order valence-corrected chi connectivity index (χ2v) is 7.25. The van der Waals surface area contributed by atoms with Crippen LogP contribution >= 0.6 is 0 Å². The Morgan fingerprint density at radius 3 is 1.93 bits per heavy atom. The van der Waals surface area contributed by atoms with Crippen molar-refractivity contribution in [1.82, 2.24) is 0 Å². The van der Waals surface area contributed by atoms with Crippen LogP contribution < -0.4 is 14.2 Å². The number of rotatable bonds is 9. The topological polar surface area (TPSA) is 71.1 Å². The van der Waals surface area contributed by atoms with Crippen LogP contribution in [0, 0.1) is 27.7 Å². The van der Waals surface area contributed by atoms with E-state index in [0.29, 0.717) is 29.2 Å².